The second kappa shape index (κ2) is 13.6. The minimum absolute atomic E-state index is 0.0112. The molecule has 1 aromatic heterocycles. The van der Waals surface area contributed by atoms with Crippen molar-refractivity contribution < 1.29 is 27.9 Å². The van der Waals surface area contributed by atoms with Crippen LogP contribution in [-0.4, -0.2) is 52.0 Å². The average molecular weight is 675 g/mol. The zero-order valence-electron chi connectivity index (χ0n) is 25.7. The molecule has 0 spiro atoms. The number of hydrogen-bond donors (Lipinski definition) is 3. The summed E-state index contributed by atoms with van der Waals surface area (Å²) in [7, 11) is 0. The maximum absolute atomic E-state index is 15.3. The van der Waals surface area contributed by atoms with E-state index in [9.17, 15) is 18.8 Å². The highest BCUT2D eigenvalue weighted by atomic mass is 35.5. The van der Waals surface area contributed by atoms with Gasteiger partial charge in [-0.3, -0.25) is 9.59 Å². The summed E-state index contributed by atoms with van der Waals surface area (Å²) in [5.74, 6) is -2.91. The molecule has 3 N–H and O–H groups in total. The third-order valence-corrected chi connectivity index (χ3v) is 8.10. The van der Waals surface area contributed by atoms with E-state index in [4.69, 9.17) is 16.3 Å². The highest BCUT2D eigenvalue weighted by molar-refractivity contribution is 6.31. The predicted molar refractivity (Wildman–Crippen MR) is 175 cm³/mol. The van der Waals surface area contributed by atoms with Crippen molar-refractivity contribution in [2.45, 2.75) is 26.3 Å². The number of esters is 1. The van der Waals surface area contributed by atoms with Gasteiger partial charge in [-0.05, 0) is 86.0 Å². The molecule has 48 heavy (non-hydrogen) atoms. The molecule has 15 heteroatoms. The summed E-state index contributed by atoms with van der Waals surface area (Å²) in [5.41, 5.74) is 8.59. The highest BCUT2D eigenvalue weighted by Crippen LogP contribution is 2.36. The van der Waals surface area contributed by atoms with E-state index in [0.717, 1.165) is 5.56 Å². The zero-order chi connectivity index (χ0) is 33.9. The SMILES string of the molecule is CCOC(=O)c1cc(C)n(-c2cccc3c2CCN(C(=O)/C=C/c2c(N4C=NNN4)ccc(Cl)c2F)C3C(=O)Nc2ccc(F)cc2)n1. The Kier molecular flexibility index (Phi) is 9.19. The van der Waals surface area contributed by atoms with Gasteiger partial charge in [0.15, 0.2) is 11.5 Å². The van der Waals surface area contributed by atoms with Crippen LogP contribution in [0.25, 0.3) is 11.8 Å². The maximum atomic E-state index is 15.3. The van der Waals surface area contributed by atoms with Crippen molar-refractivity contribution in [3.8, 4) is 5.69 Å². The van der Waals surface area contributed by atoms with Crippen molar-refractivity contribution >= 4 is 53.2 Å². The Hall–Kier alpha value is -5.60. The predicted octanol–water partition coefficient (Wildman–Crippen LogP) is 4.84. The number of hydrogen-bond acceptors (Lipinski definition) is 9. The third-order valence-electron chi connectivity index (χ3n) is 7.81. The first-order valence-corrected chi connectivity index (χ1v) is 15.3. The number of nitrogens with one attached hydrogen (secondary N) is 3. The Morgan fingerprint density at radius 3 is 2.62 bits per heavy atom. The van der Waals surface area contributed by atoms with Crippen molar-refractivity contribution in [1.82, 2.24) is 25.7 Å². The molecule has 1 unspecified atom stereocenters. The summed E-state index contributed by atoms with van der Waals surface area (Å²) < 4.78 is 35.6. The van der Waals surface area contributed by atoms with Crippen LogP contribution >= 0.6 is 11.6 Å². The topological polar surface area (TPSA) is 133 Å². The molecule has 2 aliphatic heterocycles. The Labute approximate surface area is 278 Å². The first kappa shape index (κ1) is 32.3. The minimum atomic E-state index is -1.14. The van der Waals surface area contributed by atoms with Crippen molar-refractivity contribution in [2.75, 3.05) is 23.5 Å². The first-order valence-electron chi connectivity index (χ1n) is 14.9. The van der Waals surface area contributed by atoms with Gasteiger partial charge in [-0.2, -0.15) is 10.2 Å². The fourth-order valence-electron chi connectivity index (χ4n) is 5.63. The first-order chi connectivity index (χ1) is 23.2. The van der Waals surface area contributed by atoms with E-state index in [-0.39, 0.29) is 29.4 Å². The lowest BCUT2D eigenvalue weighted by Crippen LogP contribution is -2.45. The van der Waals surface area contributed by atoms with Crippen LogP contribution in [0.5, 0.6) is 0 Å². The van der Waals surface area contributed by atoms with Gasteiger partial charge in [-0.15, -0.1) is 5.53 Å². The molecule has 1 atom stereocenters. The number of aromatic nitrogens is 2. The van der Waals surface area contributed by atoms with Crippen LogP contribution in [-0.2, 0) is 20.7 Å². The Bertz CT molecular complexity index is 1960. The maximum Gasteiger partial charge on any atom is 0.358 e. The molecule has 246 valence electrons. The normalized spacial score (nSPS) is 15.4. The summed E-state index contributed by atoms with van der Waals surface area (Å²) in [5, 5.41) is 12.4. The van der Waals surface area contributed by atoms with Gasteiger partial charge >= 0.3 is 5.97 Å². The molecule has 6 rings (SSSR count). The molecule has 0 aliphatic carbocycles. The lowest BCUT2D eigenvalue weighted by atomic mass is 9.90. The summed E-state index contributed by atoms with van der Waals surface area (Å²) in [6.07, 6.45) is 4.18. The van der Waals surface area contributed by atoms with Gasteiger partial charge in [0.2, 0.25) is 5.91 Å². The number of anilines is 2. The van der Waals surface area contributed by atoms with Gasteiger partial charge in [0.25, 0.3) is 5.91 Å². The molecular formula is C33H29ClF2N8O4. The Morgan fingerprint density at radius 2 is 1.90 bits per heavy atom. The molecule has 0 radical (unpaired) electrons. The summed E-state index contributed by atoms with van der Waals surface area (Å²) in [4.78, 5) is 41.7. The van der Waals surface area contributed by atoms with Gasteiger partial charge in [-0.1, -0.05) is 23.7 Å². The van der Waals surface area contributed by atoms with E-state index in [1.165, 1.54) is 58.7 Å². The minimum Gasteiger partial charge on any atom is -0.461 e. The van der Waals surface area contributed by atoms with Crippen molar-refractivity contribution in [3.05, 3.63) is 111 Å². The van der Waals surface area contributed by atoms with Crippen LogP contribution in [0.2, 0.25) is 5.02 Å². The van der Waals surface area contributed by atoms with Crippen LogP contribution < -0.4 is 21.4 Å². The Morgan fingerprint density at radius 1 is 1.10 bits per heavy atom. The van der Waals surface area contributed by atoms with Crippen molar-refractivity contribution in [2.24, 2.45) is 5.10 Å². The number of amides is 2. The highest BCUT2D eigenvalue weighted by Gasteiger charge is 2.37. The van der Waals surface area contributed by atoms with Crippen LogP contribution in [0, 0.1) is 18.6 Å². The van der Waals surface area contributed by atoms with Crippen LogP contribution in [0.3, 0.4) is 0 Å². The molecule has 0 fully saturated rings. The number of halogens is 3. The van der Waals surface area contributed by atoms with Crippen LogP contribution in [0.1, 0.15) is 45.8 Å². The molecular weight excluding hydrogens is 646 g/mol. The van der Waals surface area contributed by atoms with Gasteiger partial charge in [-0.25, -0.2) is 28.8 Å². The number of hydrazone groups is 1. The molecule has 2 amide bonds. The lowest BCUT2D eigenvalue weighted by molar-refractivity contribution is -0.135. The van der Waals surface area contributed by atoms with E-state index in [1.807, 2.05) is 6.07 Å². The Balaban J connectivity index is 1.38. The monoisotopic (exact) mass is 674 g/mol. The van der Waals surface area contributed by atoms with Gasteiger partial charge in [0.1, 0.15) is 18.2 Å². The van der Waals surface area contributed by atoms with E-state index < -0.39 is 35.5 Å². The van der Waals surface area contributed by atoms with E-state index in [0.29, 0.717) is 34.7 Å². The summed E-state index contributed by atoms with van der Waals surface area (Å²) >= 11 is 6.07. The van der Waals surface area contributed by atoms with E-state index in [1.54, 1.807) is 42.8 Å². The van der Waals surface area contributed by atoms with E-state index >= 15 is 4.39 Å². The number of benzene rings is 3. The molecule has 0 saturated heterocycles. The number of aryl methyl sites for hydroxylation is 1. The molecule has 2 aliphatic rings. The molecule has 12 nitrogen and oxygen atoms in total. The number of carbonyl (C=O) groups excluding carboxylic acids is 3. The van der Waals surface area contributed by atoms with Crippen molar-refractivity contribution in [3.63, 3.8) is 0 Å². The van der Waals surface area contributed by atoms with Crippen LogP contribution in [0.15, 0.2) is 71.8 Å². The van der Waals surface area contributed by atoms with Gasteiger partial charge < -0.3 is 15.0 Å². The fourth-order valence-corrected chi connectivity index (χ4v) is 5.80. The number of carbonyl (C=O) groups is 3. The second-order valence-corrected chi connectivity index (χ2v) is 11.2. The number of fused-ring (bicyclic) bond motifs is 1. The summed E-state index contributed by atoms with van der Waals surface area (Å²) in [6, 6.07) is 13.9. The molecule has 4 aromatic rings. The largest absolute Gasteiger partial charge is 0.461 e. The summed E-state index contributed by atoms with van der Waals surface area (Å²) in [6.45, 7) is 3.80. The number of hydrazine groups is 2. The van der Waals surface area contributed by atoms with Gasteiger partial charge in [0.05, 0.1) is 23.0 Å². The molecule has 3 aromatic carbocycles. The number of rotatable bonds is 8. The number of nitrogens with zero attached hydrogens (tertiary/aromatic N) is 5. The standard InChI is InChI=1S/C33H29ClF2N8O4/c1-3-48-33(47)26-17-19(2)44(39-26)28-6-4-5-23-22(28)15-16-42(31(23)32(46)38-21-9-7-20(35)8-10-21)29(45)14-11-24-27(43-18-37-40-41-43)13-12-25(34)30(24)36/h4-14,17-18,31,40-41H,3,15-16H2,1-2H3,(H,38,46)/b14-11+. The molecule has 0 saturated carbocycles. The smallest absolute Gasteiger partial charge is 0.358 e. The van der Waals surface area contributed by atoms with E-state index in [2.05, 4.69) is 26.6 Å². The lowest BCUT2D eigenvalue weighted by Gasteiger charge is -2.36. The molecule has 3 heterocycles. The van der Waals surface area contributed by atoms with Crippen molar-refractivity contribution in [1.29, 1.82) is 0 Å². The number of ether oxygens (including phenoxy) is 1. The average Bonchev–Trinajstić information content (AvgIpc) is 3.76. The quantitative estimate of drug-likeness (QED) is 0.179. The zero-order valence-corrected chi connectivity index (χ0v) is 26.5. The van der Waals surface area contributed by atoms with Gasteiger partial charge in [0, 0.05) is 29.6 Å². The molecule has 0 bridgehead atoms. The fraction of sp³-hybridized carbons (Fsp3) is 0.182. The third kappa shape index (κ3) is 6.35. The second-order valence-electron chi connectivity index (χ2n) is 10.8. The van der Waals surface area contributed by atoms with Crippen LogP contribution in [0.4, 0.5) is 20.2 Å².